The summed E-state index contributed by atoms with van der Waals surface area (Å²) in [6, 6.07) is 5.04. The van der Waals surface area contributed by atoms with Crippen LogP contribution in [0, 0.1) is 5.41 Å². The molecule has 1 N–H and O–H groups in total. The highest BCUT2D eigenvalue weighted by Gasteiger charge is 2.46. The second-order valence-corrected chi connectivity index (χ2v) is 8.28. The van der Waals surface area contributed by atoms with E-state index in [4.69, 9.17) is 4.74 Å². The molecule has 1 aliphatic carbocycles. The molecule has 2 aromatic heterocycles. The van der Waals surface area contributed by atoms with Crippen LogP contribution in [0.3, 0.4) is 0 Å². The van der Waals surface area contributed by atoms with Crippen molar-refractivity contribution in [1.82, 2.24) is 24.7 Å². The van der Waals surface area contributed by atoms with E-state index in [-0.39, 0.29) is 30.3 Å². The summed E-state index contributed by atoms with van der Waals surface area (Å²) in [4.78, 5) is 8.19. The lowest BCUT2D eigenvalue weighted by atomic mass is 9.69. The molecule has 1 aromatic carbocycles. The molecule has 31 heavy (non-hydrogen) atoms. The van der Waals surface area contributed by atoms with Gasteiger partial charge < -0.3 is 14.4 Å². The molecule has 9 heteroatoms. The quantitative estimate of drug-likeness (QED) is 0.623. The highest BCUT2D eigenvalue weighted by Crippen LogP contribution is 2.44. The van der Waals surface area contributed by atoms with E-state index in [0.717, 1.165) is 12.1 Å². The lowest BCUT2D eigenvalue weighted by Crippen LogP contribution is -2.47. The van der Waals surface area contributed by atoms with E-state index in [1.54, 1.807) is 41.5 Å². The maximum Gasteiger partial charge on any atom is 0.252 e. The highest BCUT2D eigenvalue weighted by molar-refractivity contribution is 5.65. The van der Waals surface area contributed by atoms with Crippen molar-refractivity contribution in [2.24, 2.45) is 5.41 Å². The fraction of sp³-hybridized carbons (Fsp3) is 0.455. The van der Waals surface area contributed by atoms with Crippen molar-refractivity contribution < 1.29 is 18.6 Å². The summed E-state index contributed by atoms with van der Waals surface area (Å²) in [6.45, 7) is 3.83. The van der Waals surface area contributed by atoms with Crippen LogP contribution in [-0.4, -0.2) is 48.3 Å². The molecule has 1 saturated carbocycles. The van der Waals surface area contributed by atoms with Crippen LogP contribution in [-0.2, 0) is 0 Å². The minimum atomic E-state index is -1.42. The predicted molar refractivity (Wildman–Crippen MR) is 111 cm³/mol. The zero-order chi connectivity index (χ0) is 22.0. The summed E-state index contributed by atoms with van der Waals surface area (Å²) in [5.41, 5.74) is 0.518. The summed E-state index contributed by atoms with van der Waals surface area (Å²) in [7, 11) is 0. The second kappa shape index (κ2) is 8.56. The monoisotopic (exact) mass is 429 g/mol. The summed E-state index contributed by atoms with van der Waals surface area (Å²) >= 11 is 0. The van der Waals surface area contributed by atoms with Gasteiger partial charge in [0.25, 0.3) is 5.88 Å². The van der Waals surface area contributed by atoms with E-state index < -0.39 is 23.9 Å². The number of imidazole rings is 1. The van der Waals surface area contributed by atoms with Gasteiger partial charge in [0.05, 0.1) is 23.8 Å². The van der Waals surface area contributed by atoms with Crippen molar-refractivity contribution in [3.8, 4) is 28.7 Å². The molecule has 1 aliphatic rings. The number of halogens is 2. The third kappa shape index (κ3) is 4.35. The fourth-order valence-corrected chi connectivity index (χ4v) is 4.17. The minimum Gasteiger partial charge on any atom is -0.507 e. The first-order valence-corrected chi connectivity index (χ1v) is 10.4. The molecule has 1 fully saturated rings. The molecule has 0 spiro atoms. The van der Waals surface area contributed by atoms with Crippen molar-refractivity contribution in [3.63, 3.8) is 0 Å². The molecule has 3 aromatic rings. The van der Waals surface area contributed by atoms with Crippen molar-refractivity contribution in [2.75, 3.05) is 0 Å². The molecule has 4 atom stereocenters. The first-order chi connectivity index (χ1) is 14.9. The van der Waals surface area contributed by atoms with Gasteiger partial charge >= 0.3 is 0 Å². The maximum atomic E-state index is 14.4. The van der Waals surface area contributed by atoms with Gasteiger partial charge in [-0.15, -0.1) is 10.2 Å². The third-order valence-electron chi connectivity index (χ3n) is 5.92. The number of nitrogens with zero attached hydrogens (tertiary/aromatic N) is 5. The van der Waals surface area contributed by atoms with Crippen LogP contribution in [0.4, 0.5) is 8.78 Å². The lowest BCUT2D eigenvalue weighted by molar-refractivity contribution is -0.0506. The average Bonchev–Trinajstić information content (AvgIpc) is 3.28. The SMILES string of the molecule is CCC[C@@]1(C)C[C@@H](Oc2cnc(-c3ccc(-n4ccnc4)cc3O)nn2)[C@H](F)C[C@@H]1F. The minimum absolute atomic E-state index is 0.0120. The van der Waals surface area contributed by atoms with E-state index >= 15 is 0 Å². The van der Waals surface area contributed by atoms with E-state index in [2.05, 4.69) is 20.2 Å². The van der Waals surface area contributed by atoms with E-state index in [1.807, 2.05) is 13.8 Å². The van der Waals surface area contributed by atoms with Crippen LogP contribution in [0.15, 0.2) is 43.1 Å². The number of hydrogen-bond donors (Lipinski definition) is 1. The Morgan fingerprint density at radius 3 is 2.77 bits per heavy atom. The van der Waals surface area contributed by atoms with Crippen molar-refractivity contribution in [2.45, 2.75) is 58.0 Å². The lowest BCUT2D eigenvalue weighted by Gasteiger charge is -2.42. The molecule has 4 rings (SSSR count). The zero-order valence-corrected chi connectivity index (χ0v) is 17.4. The van der Waals surface area contributed by atoms with E-state index in [9.17, 15) is 13.9 Å². The number of hydrogen-bond acceptors (Lipinski definition) is 6. The molecular formula is C22H25F2N5O2. The van der Waals surface area contributed by atoms with Gasteiger partial charge in [0.2, 0.25) is 0 Å². The summed E-state index contributed by atoms with van der Waals surface area (Å²) < 4.78 is 36.3. The largest absolute Gasteiger partial charge is 0.507 e. The Kier molecular flexibility index (Phi) is 5.84. The Hall–Kier alpha value is -3.10. The number of aromatic hydroxyl groups is 1. The van der Waals surface area contributed by atoms with Gasteiger partial charge in [0.1, 0.15) is 24.2 Å². The van der Waals surface area contributed by atoms with Gasteiger partial charge in [-0.3, -0.25) is 0 Å². The number of alkyl halides is 2. The van der Waals surface area contributed by atoms with Gasteiger partial charge in [0.15, 0.2) is 5.82 Å². The summed E-state index contributed by atoms with van der Waals surface area (Å²) in [6.07, 6.45) is 4.53. The van der Waals surface area contributed by atoms with Gasteiger partial charge in [-0.1, -0.05) is 20.3 Å². The molecule has 0 unspecified atom stereocenters. The molecule has 0 aliphatic heterocycles. The van der Waals surface area contributed by atoms with Gasteiger partial charge in [-0.2, -0.15) is 0 Å². The Morgan fingerprint density at radius 1 is 1.29 bits per heavy atom. The number of rotatable bonds is 6. The molecule has 0 bridgehead atoms. The van der Waals surface area contributed by atoms with Gasteiger partial charge in [-0.05, 0) is 25.0 Å². The first-order valence-electron chi connectivity index (χ1n) is 10.4. The smallest absolute Gasteiger partial charge is 0.252 e. The molecule has 164 valence electrons. The van der Waals surface area contributed by atoms with Crippen LogP contribution >= 0.6 is 0 Å². The summed E-state index contributed by atoms with van der Waals surface area (Å²) in [5.74, 6) is 0.270. The van der Waals surface area contributed by atoms with E-state index in [1.165, 1.54) is 6.20 Å². The van der Waals surface area contributed by atoms with Crippen LogP contribution in [0.5, 0.6) is 11.6 Å². The third-order valence-corrected chi connectivity index (χ3v) is 5.92. The molecule has 7 nitrogen and oxygen atoms in total. The Morgan fingerprint density at radius 2 is 2.13 bits per heavy atom. The topological polar surface area (TPSA) is 86.0 Å². The van der Waals surface area contributed by atoms with Crippen LogP contribution in [0.1, 0.15) is 39.5 Å². The molecule has 0 radical (unpaired) electrons. The summed E-state index contributed by atoms with van der Waals surface area (Å²) in [5, 5.41) is 18.4. The predicted octanol–water partition coefficient (Wildman–Crippen LogP) is 4.45. The molecule has 0 amide bonds. The second-order valence-electron chi connectivity index (χ2n) is 8.28. The van der Waals surface area contributed by atoms with Gasteiger partial charge in [0, 0.05) is 30.3 Å². The Bertz CT molecular complexity index is 1020. The van der Waals surface area contributed by atoms with E-state index in [0.29, 0.717) is 12.0 Å². The number of aromatic nitrogens is 5. The van der Waals surface area contributed by atoms with Crippen molar-refractivity contribution in [1.29, 1.82) is 0 Å². The first kappa shape index (κ1) is 21.1. The zero-order valence-electron chi connectivity index (χ0n) is 17.4. The number of phenols is 1. The van der Waals surface area contributed by atoms with Crippen molar-refractivity contribution in [3.05, 3.63) is 43.1 Å². The number of benzene rings is 1. The Labute approximate surface area is 179 Å². The maximum absolute atomic E-state index is 14.4. The van der Waals surface area contributed by atoms with Gasteiger partial charge in [-0.25, -0.2) is 18.7 Å². The average molecular weight is 429 g/mol. The van der Waals surface area contributed by atoms with Crippen LogP contribution < -0.4 is 4.74 Å². The van der Waals surface area contributed by atoms with Crippen molar-refractivity contribution >= 4 is 0 Å². The number of ether oxygens (including phenoxy) is 1. The Balaban J connectivity index is 1.48. The normalized spacial score (nSPS) is 26.0. The molecular weight excluding hydrogens is 404 g/mol. The van der Waals surface area contributed by atoms with Crippen LogP contribution in [0.25, 0.3) is 17.1 Å². The standard InChI is InChI=1S/C22H25F2N5O2/c1-3-6-22(2)11-18(16(23)10-19(22)24)31-20-12-26-21(28-27-20)15-5-4-14(9-17(15)30)29-8-7-25-13-29/h4-5,7-9,12-13,16,18-19,30H,3,6,10-11H2,1-2H3/t16-,18-,19+,22+/m1/s1. The molecule has 0 saturated heterocycles. The van der Waals surface area contributed by atoms with Crippen LogP contribution in [0.2, 0.25) is 0 Å². The molecule has 2 heterocycles. The fourth-order valence-electron chi connectivity index (χ4n) is 4.17. The highest BCUT2D eigenvalue weighted by atomic mass is 19.1. The number of phenolic OH excluding ortho intramolecular Hbond substituents is 1.